The SMILES string of the molecule is CC/C=C\C/C=C\C/C=C\C/C=C\C/C=C\CCCCCCCCCCCCCCCCCCCCCC(=O)OCC(COC(=O)CCCCCCC)OC(=O)CCCCCCCCC/C=C\C/C=C\C/C=C\C/C=C\C/C=C\CC. The van der Waals surface area contributed by atoms with Crippen LogP contribution >= 0.6 is 0 Å². The van der Waals surface area contributed by atoms with E-state index in [0.29, 0.717) is 19.3 Å². The van der Waals surface area contributed by atoms with Crippen molar-refractivity contribution < 1.29 is 28.6 Å². The van der Waals surface area contributed by atoms with Crippen LogP contribution in [0.15, 0.2) is 122 Å². The fraction of sp³-hybridized carbons (Fsp3) is 0.693. The Morgan fingerprint density at radius 2 is 0.481 bits per heavy atom. The molecule has 0 aliphatic carbocycles. The molecule has 0 saturated heterocycles. The van der Waals surface area contributed by atoms with Crippen molar-refractivity contribution in [3.63, 3.8) is 0 Å². The number of hydrogen-bond acceptors (Lipinski definition) is 6. The van der Waals surface area contributed by atoms with Crippen LogP contribution in [0, 0.1) is 0 Å². The molecule has 0 amide bonds. The van der Waals surface area contributed by atoms with Gasteiger partial charge in [0.1, 0.15) is 13.2 Å². The zero-order valence-corrected chi connectivity index (χ0v) is 53.0. The van der Waals surface area contributed by atoms with Crippen molar-refractivity contribution in [2.24, 2.45) is 0 Å². The number of esters is 3. The highest BCUT2D eigenvalue weighted by Gasteiger charge is 2.19. The molecule has 6 heteroatoms. The standard InChI is InChI=1S/C75H126O6/c1-4-7-10-13-15-17-19-21-23-25-27-29-31-32-33-34-35-36-37-38-39-40-41-42-44-45-47-49-51-53-55-57-59-62-65-68-74(77)80-71-72(70-79-73(76)67-64-61-12-9-6-3)81-75(78)69-66-63-60-58-56-54-52-50-48-46-43-30-28-26-24-22-20-18-16-14-11-8-5-2/h7-8,10-11,15-18,21-24,27-30,32-33,46,48,72H,4-6,9,12-14,19-20,25-26,31,34-45,47,49-71H2,1-3H3/b10-7-,11-8-,17-15-,18-16-,23-21-,24-22-,29-27-,30-28-,33-32-,48-46-. The van der Waals surface area contributed by atoms with Crippen LogP contribution in [-0.2, 0) is 28.6 Å². The Labute approximate surface area is 501 Å². The molecule has 1 unspecified atom stereocenters. The summed E-state index contributed by atoms with van der Waals surface area (Å²) < 4.78 is 16.8. The highest BCUT2D eigenvalue weighted by molar-refractivity contribution is 5.71. The summed E-state index contributed by atoms with van der Waals surface area (Å²) in [4.78, 5) is 38.0. The lowest BCUT2D eigenvalue weighted by molar-refractivity contribution is -0.167. The van der Waals surface area contributed by atoms with Crippen molar-refractivity contribution in [1.82, 2.24) is 0 Å². The summed E-state index contributed by atoms with van der Waals surface area (Å²) in [6, 6.07) is 0. The Hall–Kier alpha value is -4.19. The van der Waals surface area contributed by atoms with Crippen molar-refractivity contribution >= 4 is 17.9 Å². The first-order valence-electron chi connectivity index (χ1n) is 34.0. The number of hydrogen-bond donors (Lipinski definition) is 0. The second-order valence-electron chi connectivity index (χ2n) is 22.3. The Kier molecular flexibility index (Phi) is 64.8. The van der Waals surface area contributed by atoms with Crippen molar-refractivity contribution in [2.75, 3.05) is 13.2 Å². The van der Waals surface area contributed by atoms with E-state index in [1.165, 1.54) is 141 Å². The van der Waals surface area contributed by atoms with E-state index in [4.69, 9.17) is 14.2 Å². The second kappa shape index (κ2) is 68.3. The summed E-state index contributed by atoms with van der Waals surface area (Å²) in [6.45, 7) is 6.34. The molecular formula is C75H126O6. The van der Waals surface area contributed by atoms with Gasteiger partial charge in [0.15, 0.2) is 6.10 Å². The predicted molar refractivity (Wildman–Crippen MR) is 353 cm³/mol. The van der Waals surface area contributed by atoms with Crippen molar-refractivity contribution in [2.45, 2.75) is 322 Å². The van der Waals surface area contributed by atoms with Crippen LogP contribution in [0.2, 0.25) is 0 Å². The summed E-state index contributed by atoms with van der Waals surface area (Å²) >= 11 is 0. The summed E-state index contributed by atoms with van der Waals surface area (Å²) in [6.07, 6.45) is 95.6. The molecule has 0 spiro atoms. The number of ether oxygens (including phenoxy) is 3. The van der Waals surface area contributed by atoms with Crippen LogP contribution in [0.3, 0.4) is 0 Å². The van der Waals surface area contributed by atoms with Crippen molar-refractivity contribution in [3.05, 3.63) is 122 Å². The molecule has 81 heavy (non-hydrogen) atoms. The predicted octanol–water partition coefficient (Wildman–Crippen LogP) is 23.6. The molecule has 0 rings (SSSR count). The van der Waals surface area contributed by atoms with Gasteiger partial charge in [-0.3, -0.25) is 14.4 Å². The third-order valence-corrected chi connectivity index (χ3v) is 14.5. The van der Waals surface area contributed by atoms with Gasteiger partial charge in [0.25, 0.3) is 0 Å². The average Bonchev–Trinajstić information content (AvgIpc) is 3.47. The summed E-state index contributed by atoms with van der Waals surface area (Å²) in [5.41, 5.74) is 0. The minimum atomic E-state index is -0.781. The molecule has 0 aromatic rings. The van der Waals surface area contributed by atoms with E-state index in [9.17, 15) is 14.4 Å². The number of rotatable bonds is 61. The van der Waals surface area contributed by atoms with Crippen LogP contribution in [0.1, 0.15) is 316 Å². The highest BCUT2D eigenvalue weighted by atomic mass is 16.6. The van der Waals surface area contributed by atoms with Crippen molar-refractivity contribution in [3.8, 4) is 0 Å². The molecule has 0 aromatic carbocycles. The zero-order valence-electron chi connectivity index (χ0n) is 53.0. The van der Waals surface area contributed by atoms with E-state index in [2.05, 4.69) is 142 Å². The molecule has 6 nitrogen and oxygen atoms in total. The highest BCUT2D eigenvalue weighted by Crippen LogP contribution is 2.17. The Balaban J connectivity index is 3.97. The first kappa shape index (κ1) is 76.8. The van der Waals surface area contributed by atoms with Gasteiger partial charge < -0.3 is 14.2 Å². The quantitative estimate of drug-likeness (QED) is 0.0261. The van der Waals surface area contributed by atoms with E-state index in [-0.39, 0.29) is 31.1 Å². The fourth-order valence-electron chi connectivity index (χ4n) is 9.44. The molecule has 462 valence electrons. The first-order chi connectivity index (χ1) is 40.0. The van der Waals surface area contributed by atoms with E-state index in [1.807, 2.05) is 0 Å². The van der Waals surface area contributed by atoms with Gasteiger partial charge in [0, 0.05) is 19.3 Å². The van der Waals surface area contributed by atoms with Crippen molar-refractivity contribution in [1.29, 1.82) is 0 Å². The van der Waals surface area contributed by atoms with Gasteiger partial charge >= 0.3 is 17.9 Å². The number of unbranched alkanes of at least 4 members (excludes halogenated alkanes) is 30. The number of carbonyl (C=O) groups excluding carboxylic acids is 3. The maximum atomic E-state index is 12.8. The van der Waals surface area contributed by atoms with Gasteiger partial charge in [-0.1, -0.05) is 309 Å². The Bertz CT molecular complexity index is 1670. The second-order valence-corrected chi connectivity index (χ2v) is 22.3. The molecule has 1 atom stereocenters. The topological polar surface area (TPSA) is 78.9 Å². The maximum Gasteiger partial charge on any atom is 0.306 e. The normalized spacial score (nSPS) is 12.9. The van der Waals surface area contributed by atoms with Gasteiger partial charge in [-0.2, -0.15) is 0 Å². The molecule has 0 heterocycles. The molecule has 0 fully saturated rings. The smallest absolute Gasteiger partial charge is 0.306 e. The monoisotopic (exact) mass is 1120 g/mol. The molecule has 0 N–H and O–H groups in total. The molecule has 0 saturated carbocycles. The van der Waals surface area contributed by atoms with E-state index >= 15 is 0 Å². The summed E-state index contributed by atoms with van der Waals surface area (Å²) in [5.74, 6) is -0.898. The number of allylic oxidation sites excluding steroid dienone is 20. The third kappa shape index (κ3) is 66.5. The van der Waals surface area contributed by atoms with Gasteiger partial charge in [-0.05, 0) is 109 Å². The Morgan fingerprint density at radius 3 is 0.753 bits per heavy atom. The Morgan fingerprint density at radius 1 is 0.259 bits per heavy atom. The fourth-order valence-corrected chi connectivity index (χ4v) is 9.44. The summed E-state index contributed by atoms with van der Waals surface area (Å²) in [5, 5.41) is 0. The molecule has 0 aromatic heterocycles. The van der Waals surface area contributed by atoms with Gasteiger partial charge in [-0.15, -0.1) is 0 Å². The van der Waals surface area contributed by atoms with Gasteiger partial charge in [0.05, 0.1) is 0 Å². The van der Waals surface area contributed by atoms with Crippen LogP contribution < -0.4 is 0 Å². The van der Waals surface area contributed by atoms with Crippen LogP contribution in [0.4, 0.5) is 0 Å². The lowest BCUT2D eigenvalue weighted by Gasteiger charge is -2.18. The largest absolute Gasteiger partial charge is 0.462 e. The first-order valence-corrected chi connectivity index (χ1v) is 34.0. The molecule has 0 radical (unpaired) electrons. The molecule has 0 bridgehead atoms. The molecule has 0 aliphatic rings. The van der Waals surface area contributed by atoms with E-state index < -0.39 is 6.10 Å². The van der Waals surface area contributed by atoms with E-state index in [1.54, 1.807) is 0 Å². The molecule has 0 aliphatic heterocycles. The lowest BCUT2D eigenvalue weighted by atomic mass is 10.0. The van der Waals surface area contributed by atoms with Crippen LogP contribution in [0.25, 0.3) is 0 Å². The van der Waals surface area contributed by atoms with Crippen LogP contribution in [-0.4, -0.2) is 37.2 Å². The zero-order chi connectivity index (χ0) is 58.5. The summed E-state index contributed by atoms with van der Waals surface area (Å²) in [7, 11) is 0. The maximum absolute atomic E-state index is 12.8. The van der Waals surface area contributed by atoms with Crippen LogP contribution in [0.5, 0.6) is 0 Å². The minimum absolute atomic E-state index is 0.0811. The molecular weight excluding hydrogens is 997 g/mol. The lowest BCUT2D eigenvalue weighted by Crippen LogP contribution is -2.30. The minimum Gasteiger partial charge on any atom is -0.462 e. The van der Waals surface area contributed by atoms with E-state index in [0.717, 1.165) is 135 Å². The average molecular weight is 1120 g/mol. The van der Waals surface area contributed by atoms with Gasteiger partial charge in [-0.25, -0.2) is 0 Å². The van der Waals surface area contributed by atoms with Gasteiger partial charge in [0.2, 0.25) is 0 Å². The number of carbonyl (C=O) groups is 3. The third-order valence-electron chi connectivity index (χ3n) is 14.5.